The number of benzene rings is 1. The second-order valence-electron chi connectivity index (χ2n) is 6.68. The summed E-state index contributed by atoms with van der Waals surface area (Å²) >= 11 is 0. The third kappa shape index (κ3) is 2.66. The van der Waals surface area contributed by atoms with Gasteiger partial charge in [-0.3, -0.25) is 0 Å². The van der Waals surface area contributed by atoms with Gasteiger partial charge in [-0.1, -0.05) is 23.4 Å². The molecule has 0 aliphatic heterocycles. The normalized spacial score (nSPS) is 27.1. The lowest BCUT2D eigenvalue weighted by atomic mass is 10.0. The minimum atomic E-state index is 0.263. The minimum absolute atomic E-state index is 0.263. The van der Waals surface area contributed by atoms with Gasteiger partial charge >= 0.3 is 0 Å². The Bertz CT molecular complexity index is 880. The Balaban J connectivity index is 1.32. The van der Waals surface area contributed by atoms with Gasteiger partial charge in [0, 0.05) is 12.0 Å². The third-order valence-corrected chi connectivity index (χ3v) is 5.07. The van der Waals surface area contributed by atoms with E-state index >= 15 is 0 Å². The molecule has 0 unspecified atom stereocenters. The van der Waals surface area contributed by atoms with Crippen LogP contribution in [-0.4, -0.2) is 26.2 Å². The Morgan fingerprint density at radius 1 is 1.04 bits per heavy atom. The zero-order valence-electron chi connectivity index (χ0n) is 13.4. The summed E-state index contributed by atoms with van der Waals surface area (Å²) in [5.41, 5.74) is 6.68. The fourth-order valence-corrected chi connectivity index (χ4v) is 3.70. The molecule has 126 valence electrons. The van der Waals surface area contributed by atoms with Gasteiger partial charge in [0.2, 0.25) is 17.6 Å². The highest BCUT2D eigenvalue weighted by atomic mass is 16.5. The number of aromatic nitrogens is 4. The molecule has 0 bridgehead atoms. The Hall–Kier alpha value is -2.80. The smallest absolute Gasteiger partial charge is 0.237 e. The van der Waals surface area contributed by atoms with E-state index in [0.29, 0.717) is 40.9 Å². The van der Waals surface area contributed by atoms with E-state index < -0.39 is 0 Å². The Morgan fingerprint density at radius 2 is 1.92 bits per heavy atom. The second kappa shape index (κ2) is 5.63. The van der Waals surface area contributed by atoms with Gasteiger partial charge in [-0.2, -0.15) is 4.98 Å². The highest BCUT2D eigenvalue weighted by Crippen LogP contribution is 2.58. The molecule has 2 fully saturated rings. The predicted molar refractivity (Wildman–Crippen MR) is 88.8 cm³/mol. The van der Waals surface area contributed by atoms with Crippen LogP contribution in [-0.2, 0) is 0 Å². The molecule has 2 heterocycles. The lowest BCUT2D eigenvalue weighted by Gasteiger charge is -2.07. The number of hydrogen-bond acceptors (Lipinski definition) is 7. The lowest BCUT2D eigenvalue weighted by Crippen LogP contribution is -2.19. The number of rotatable bonds is 4. The zero-order chi connectivity index (χ0) is 16.8. The van der Waals surface area contributed by atoms with Crippen LogP contribution in [0.2, 0.25) is 0 Å². The van der Waals surface area contributed by atoms with Gasteiger partial charge in [-0.05, 0) is 36.8 Å². The van der Waals surface area contributed by atoms with Crippen molar-refractivity contribution < 1.29 is 9.26 Å². The second-order valence-corrected chi connectivity index (χ2v) is 6.68. The molecule has 2 aromatic heterocycles. The van der Waals surface area contributed by atoms with Crippen molar-refractivity contribution in [3.8, 4) is 23.1 Å². The van der Waals surface area contributed by atoms with E-state index in [1.165, 1.54) is 6.42 Å². The van der Waals surface area contributed by atoms with Crippen LogP contribution in [0.4, 0.5) is 0 Å². The van der Waals surface area contributed by atoms with Crippen molar-refractivity contribution in [1.29, 1.82) is 0 Å². The Kier molecular flexibility index (Phi) is 3.27. The fraction of sp³-hybridized carbons (Fsp3) is 0.333. The average molecular weight is 335 g/mol. The van der Waals surface area contributed by atoms with Gasteiger partial charge in [-0.25, -0.2) is 9.97 Å². The van der Waals surface area contributed by atoms with E-state index in [9.17, 15) is 0 Å². The first-order chi connectivity index (χ1) is 12.3. The van der Waals surface area contributed by atoms with Crippen molar-refractivity contribution in [1.82, 2.24) is 20.1 Å². The molecule has 2 aliphatic carbocycles. The molecule has 7 nitrogen and oxygen atoms in total. The van der Waals surface area contributed by atoms with E-state index in [0.717, 1.165) is 6.42 Å². The SMILES string of the molecule is N[C@@H]1C[C@H](c2nc(-c3cnc(Oc4ccccc4)cn3)no2)[C@H]2C[C@H]21. The highest BCUT2D eigenvalue weighted by Gasteiger charge is 2.55. The zero-order valence-corrected chi connectivity index (χ0v) is 13.4. The summed E-state index contributed by atoms with van der Waals surface area (Å²) in [4.78, 5) is 13.1. The maximum Gasteiger partial charge on any atom is 0.237 e. The summed E-state index contributed by atoms with van der Waals surface area (Å²) in [6.45, 7) is 0. The molecule has 3 aromatic rings. The van der Waals surface area contributed by atoms with Gasteiger partial charge in [0.25, 0.3) is 0 Å². The van der Waals surface area contributed by atoms with Gasteiger partial charge in [0.15, 0.2) is 0 Å². The van der Waals surface area contributed by atoms with E-state index in [4.69, 9.17) is 15.0 Å². The molecule has 4 atom stereocenters. The van der Waals surface area contributed by atoms with E-state index in [2.05, 4.69) is 20.1 Å². The number of nitrogens with two attached hydrogens (primary N) is 1. The molecular formula is C18H17N5O2. The topological polar surface area (TPSA) is 100.0 Å². The molecule has 2 N–H and O–H groups in total. The van der Waals surface area contributed by atoms with Crippen LogP contribution in [0.1, 0.15) is 24.7 Å². The molecular weight excluding hydrogens is 318 g/mol. The van der Waals surface area contributed by atoms with Crippen molar-refractivity contribution in [3.05, 3.63) is 48.6 Å². The van der Waals surface area contributed by atoms with Crippen LogP contribution < -0.4 is 10.5 Å². The largest absolute Gasteiger partial charge is 0.438 e. The number of ether oxygens (including phenoxy) is 1. The fourth-order valence-electron chi connectivity index (χ4n) is 3.70. The van der Waals surface area contributed by atoms with Gasteiger partial charge < -0.3 is 15.0 Å². The molecule has 0 radical (unpaired) electrons. The van der Waals surface area contributed by atoms with Crippen LogP contribution in [0, 0.1) is 11.8 Å². The number of nitrogens with zero attached hydrogens (tertiary/aromatic N) is 4. The maximum absolute atomic E-state index is 6.12. The average Bonchev–Trinajstić information content (AvgIpc) is 3.17. The molecule has 7 heteroatoms. The monoisotopic (exact) mass is 335 g/mol. The molecule has 0 amide bonds. The molecule has 0 saturated heterocycles. The minimum Gasteiger partial charge on any atom is -0.438 e. The summed E-state index contributed by atoms with van der Waals surface area (Å²) in [5.74, 6) is 3.78. The Labute approximate surface area is 144 Å². The van der Waals surface area contributed by atoms with Crippen LogP contribution in [0.25, 0.3) is 11.5 Å². The van der Waals surface area contributed by atoms with Gasteiger partial charge in [0.05, 0.1) is 12.4 Å². The number of hydrogen-bond donors (Lipinski definition) is 1. The summed E-state index contributed by atoms with van der Waals surface area (Å²) in [6, 6.07) is 9.71. The molecule has 2 saturated carbocycles. The van der Waals surface area contributed by atoms with Crippen molar-refractivity contribution >= 4 is 0 Å². The van der Waals surface area contributed by atoms with Gasteiger partial charge in [-0.15, -0.1) is 0 Å². The number of para-hydroxylation sites is 1. The molecule has 5 rings (SSSR count). The molecule has 25 heavy (non-hydrogen) atoms. The summed E-state index contributed by atoms with van der Waals surface area (Å²) < 4.78 is 11.1. The standard InChI is InChI=1S/C18H17N5O2/c19-14-7-13(11-6-12(11)14)18-22-17(23-25-18)15-8-21-16(9-20-15)24-10-4-2-1-3-5-10/h1-5,8-9,11-14H,6-7,19H2/t11-,12+,13-,14+/m0/s1. The quantitative estimate of drug-likeness (QED) is 0.782. The lowest BCUT2D eigenvalue weighted by molar-refractivity contribution is 0.341. The van der Waals surface area contributed by atoms with E-state index in [1.807, 2.05) is 30.3 Å². The third-order valence-electron chi connectivity index (χ3n) is 5.07. The van der Waals surface area contributed by atoms with E-state index in [1.54, 1.807) is 12.4 Å². The summed E-state index contributed by atoms with van der Waals surface area (Å²) in [7, 11) is 0. The predicted octanol–water partition coefficient (Wildman–Crippen LogP) is 2.77. The molecule has 2 aliphatic rings. The number of fused-ring (bicyclic) bond motifs is 1. The van der Waals surface area contributed by atoms with Crippen LogP contribution in [0.3, 0.4) is 0 Å². The van der Waals surface area contributed by atoms with Crippen molar-refractivity contribution in [2.45, 2.75) is 24.8 Å². The van der Waals surface area contributed by atoms with Crippen LogP contribution in [0.5, 0.6) is 11.6 Å². The highest BCUT2D eigenvalue weighted by molar-refractivity contribution is 5.46. The molecule has 1 aromatic carbocycles. The Morgan fingerprint density at radius 3 is 2.60 bits per heavy atom. The van der Waals surface area contributed by atoms with Crippen molar-refractivity contribution in [3.63, 3.8) is 0 Å². The molecule has 0 spiro atoms. The van der Waals surface area contributed by atoms with Crippen molar-refractivity contribution in [2.24, 2.45) is 17.6 Å². The first-order valence-corrected chi connectivity index (χ1v) is 8.42. The first-order valence-electron chi connectivity index (χ1n) is 8.42. The van der Waals surface area contributed by atoms with Crippen LogP contribution >= 0.6 is 0 Å². The first kappa shape index (κ1) is 14.5. The van der Waals surface area contributed by atoms with E-state index in [-0.39, 0.29) is 12.0 Å². The summed E-state index contributed by atoms with van der Waals surface area (Å²) in [5, 5.41) is 4.05. The van der Waals surface area contributed by atoms with Crippen LogP contribution in [0.15, 0.2) is 47.2 Å². The van der Waals surface area contributed by atoms with Gasteiger partial charge in [0.1, 0.15) is 11.4 Å². The van der Waals surface area contributed by atoms with Crippen molar-refractivity contribution in [2.75, 3.05) is 0 Å². The summed E-state index contributed by atoms with van der Waals surface area (Å²) in [6.07, 6.45) is 5.25. The maximum atomic E-state index is 6.12.